The maximum Gasteiger partial charge on any atom is 0.313 e. The van der Waals surface area contributed by atoms with Crippen molar-refractivity contribution < 1.29 is 9.59 Å². The molecule has 0 heterocycles. The number of carbonyl (C=O) groups excluding carboxylic acids is 2. The van der Waals surface area contributed by atoms with Crippen molar-refractivity contribution in [2.24, 2.45) is 0 Å². The van der Waals surface area contributed by atoms with Crippen LogP contribution in [0.4, 0.5) is 5.69 Å². The summed E-state index contributed by atoms with van der Waals surface area (Å²) in [5.41, 5.74) is 0.617. The van der Waals surface area contributed by atoms with Crippen LogP contribution in [0, 0.1) is 0 Å². The van der Waals surface area contributed by atoms with Crippen LogP contribution in [0.5, 0.6) is 0 Å². The van der Waals surface area contributed by atoms with Crippen molar-refractivity contribution in [1.29, 1.82) is 0 Å². The Labute approximate surface area is 95.0 Å². The molecule has 0 aliphatic carbocycles. The lowest BCUT2D eigenvalue weighted by Gasteiger charge is -2.10. The van der Waals surface area contributed by atoms with Crippen molar-refractivity contribution >= 4 is 17.5 Å². The third-order valence-electron chi connectivity index (χ3n) is 2.23. The summed E-state index contributed by atoms with van der Waals surface area (Å²) in [5.74, 6) is -1.23. The Kier molecular flexibility index (Phi) is 4.51. The molecule has 0 fully saturated rings. The van der Waals surface area contributed by atoms with Gasteiger partial charge in [0.1, 0.15) is 0 Å². The fourth-order valence-electron chi connectivity index (χ4n) is 1.10. The van der Waals surface area contributed by atoms with Gasteiger partial charge < -0.3 is 10.6 Å². The molecule has 0 radical (unpaired) electrons. The fraction of sp³-hybridized carbons (Fsp3) is 0.333. The first-order valence-corrected chi connectivity index (χ1v) is 5.30. The second-order valence-corrected chi connectivity index (χ2v) is 3.60. The Bertz CT molecular complexity index is 363. The summed E-state index contributed by atoms with van der Waals surface area (Å²) in [6, 6.07) is 8.90. The topological polar surface area (TPSA) is 58.2 Å². The van der Waals surface area contributed by atoms with Crippen molar-refractivity contribution in [3.8, 4) is 0 Å². The summed E-state index contributed by atoms with van der Waals surface area (Å²) in [7, 11) is 0. The molecule has 4 heteroatoms. The first-order chi connectivity index (χ1) is 7.63. The van der Waals surface area contributed by atoms with E-state index in [9.17, 15) is 9.59 Å². The quantitative estimate of drug-likeness (QED) is 0.759. The van der Waals surface area contributed by atoms with Gasteiger partial charge in [-0.05, 0) is 25.5 Å². The molecule has 1 aromatic rings. The molecule has 16 heavy (non-hydrogen) atoms. The minimum atomic E-state index is -0.633. The summed E-state index contributed by atoms with van der Waals surface area (Å²) >= 11 is 0. The highest BCUT2D eigenvalue weighted by Crippen LogP contribution is 2.04. The van der Waals surface area contributed by atoms with Gasteiger partial charge in [0, 0.05) is 11.7 Å². The van der Waals surface area contributed by atoms with Gasteiger partial charge in [-0.1, -0.05) is 25.1 Å². The van der Waals surface area contributed by atoms with Gasteiger partial charge in [0.05, 0.1) is 0 Å². The van der Waals surface area contributed by atoms with Crippen LogP contribution in [-0.4, -0.2) is 17.9 Å². The Hall–Kier alpha value is -1.84. The lowest BCUT2D eigenvalue weighted by Crippen LogP contribution is -2.40. The van der Waals surface area contributed by atoms with Gasteiger partial charge in [-0.2, -0.15) is 0 Å². The molecular formula is C12H16N2O2. The van der Waals surface area contributed by atoms with Crippen molar-refractivity contribution in [2.45, 2.75) is 26.3 Å². The Morgan fingerprint density at radius 1 is 1.19 bits per heavy atom. The van der Waals surface area contributed by atoms with Gasteiger partial charge >= 0.3 is 11.8 Å². The van der Waals surface area contributed by atoms with Crippen LogP contribution in [0.15, 0.2) is 30.3 Å². The lowest BCUT2D eigenvalue weighted by atomic mass is 10.2. The highest BCUT2D eigenvalue weighted by molar-refractivity contribution is 6.39. The minimum absolute atomic E-state index is 0.00835. The van der Waals surface area contributed by atoms with Crippen LogP contribution in [-0.2, 0) is 9.59 Å². The Morgan fingerprint density at radius 2 is 1.81 bits per heavy atom. The molecule has 0 unspecified atom stereocenters. The zero-order valence-corrected chi connectivity index (χ0v) is 9.49. The zero-order chi connectivity index (χ0) is 12.0. The number of para-hydroxylation sites is 1. The smallest absolute Gasteiger partial charge is 0.313 e. The number of hydrogen-bond donors (Lipinski definition) is 2. The standard InChI is InChI=1S/C12H16N2O2/c1-3-9(2)13-11(15)12(16)14-10-7-5-4-6-8-10/h4-9H,3H2,1-2H3,(H,13,15)(H,14,16)/t9-/m1/s1. The number of benzene rings is 1. The molecule has 1 rings (SSSR count). The Morgan fingerprint density at radius 3 is 2.38 bits per heavy atom. The zero-order valence-electron chi connectivity index (χ0n) is 9.49. The summed E-state index contributed by atoms with van der Waals surface area (Å²) in [6.45, 7) is 3.80. The van der Waals surface area contributed by atoms with Gasteiger partial charge in [0.25, 0.3) is 0 Å². The van der Waals surface area contributed by atoms with E-state index in [2.05, 4.69) is 10.6 Å². The van der Waals surface area contributed by atoms with Gasteiger partial charge in [0.15, 0.2) is 0 Å². The predicted octanol–water partition coefficient (Wildman–Crippen LogP) is 1.54. The molecule has 0 saturated carbocycles. The van der Waals surface area contributed by atoms with Gasteiger partial charge in [0.2, 0.25) is 0 Å². The molecule has 0 saturated heterocycles. The number of rotatable bonds is 3. The average Bonchev–Trinajstić information content (AvgIpc) is 2.30. The van der Waals surface area contributed by atoms with Crippen LogP contribution in [0.1, 0.15) is 20.3 Å². The van der Waals surface area contributed by atoms with E-state index < -0.39 is 11.8 Å². The number of nitrogens with one attached hydrogen (secondary N) is 2. The second-order valence-electron chi connectivity index (χ2n) is 3.60. The van der Waals surface area contributed by atoms with Crippen molar-refractivity contribution in [1.82, 2.24) is 5.32 Å². The van der Waals surface area contributed by atoms with Crippen LogP contribution in [0.25, 0.3) is 0 Å². The number of anilines is 1. The third kappa shape index (κ3) is 3.73. The highest BCUT2D eigenvalue weighted by Gasteiger charge is 2.14. The first-order valence-electron chi connectivity index (χ1n) is 5.30. The molecule has 2 amide bonds. The van der Waals surface area contributed by atoms with Crippen molar-refractivity contribution in [3.63, 3.8) is 0 Å². The number of amides is 2. The fourth-order valence-corrected chi connectivity index (χ4v) is 1.10. The molecule has 1 atom stereocenters. The number of carbonyl (C=O) groups is 2. The van der Waals surface area contributed by atoms with Gasteiger partial charge in [-0.25, -0.2) is 0 Å². The summed E-state index contributed by atoms with van der Waals surface area (Å²) in [4.78, 5) is 22.8. The van der Waals surface area contributed by atoms with E-state index in [-0.39, 0.29) is 6.04 Å². The molecule has 4 nitrogen and oxygen atoms in total. The monoisotopic (exact) mass is 220 g/mol. The SMILES string of the molecule is CC[C@@H](C)NC(=O)C(=O)Nc1ccccc1. The van der Waals surface area contributed by atoms with E-state index in [1.807, 2.05) is 19.9 Å². The van der Waals surface area contributed by atoms with Gasteiger partial charge in [-0.3, -0.25) is 9.59 Å². The minimum Gasteiger partial charge on any atom is -0.345 e. The highest BCUT2D eigenvalue weighted by atomic mass is 16.2. The molecule has 0 bridgehead atoms. The molecule has 0 aliphatic heterocycles. The van der Waals surface area contributed by atoms with E-state index in [4.69, 9.17) is 0 Å². The lowest BCUT2D eigenvalue weighted by molar-refractivity contribution is -0.136. The van der Waals surface area contributed by atoms with E-state index in [0.29, 0.717) is 5.69 Å². The van der Waals surface area contributed by atoms with Crippen LogP contribution >= 0.6 is 0 Å². The second kappa shape index (κ2) is 5.90. The molecule has 0 spiro atoms. The predicted molar refractivity (Wildman–Crippen MR) is 63.0 cm³/mol. The maximum atomic E-state index is 11.4. The maximum absolute atomic E-state index is 11.4. The van der Waals surface area contributed by atoms with Gasteiger partial charge in [-0.15, -0.1) is 0 Å². The van der Waals surface area contributed by atoms with Crippen molar-refractivity contribution in [3.05, 3.63) is 30.3 Å². The van der Waals surface area contributed by atoms with Crippen LogP contribution < -0.4 is 10.6 Å². The van der Waals surface area contributed by atoms with Crippen LogP contribution in [0.3, 0.4) is 0 Å². The number of hydrogen-bond acceptors (Lipinski definition) is 2. The average molecular weight is 220 g/mol. The van der Waals surface area contributed by atoms with E-state index in [1.165, 1.54) is 0 Å². The summed E-state index contributed by atoms with van der Waals surface area (Å²) in [5, 5.41) is 5.12. The molecule has 0 aliphatic rings. The molecule has 86 valence electrons. The van der Waals surface area contributed by atoms with E-state index in [0.717, 1.165) is 6.42 Å². The van der Waals surface area contributed by atoms with Crippen molar-refractivity contribution in [2.75, 3.05) is 5.32 Å². The third-order valence-corrected chi connectivity index (χ3v) is 2.23. The normalized spacial score (nSPS) is 11.6. The molecule has 2 N–H and O–H groups in total. The summed E-state index contributed by atoms with van der Waals surface area (Å²) < 4.78 is 0. The first kappa shape index (κ1) is 12.2. The van der Waals surface area contributed by atoms with Crippen LogP contribution in [0.2, 0.25) is 0 Å². The van der Waals surface area contributed by atoms with E-state index in [1.54, 1.807) is 24.3 Å². The molecular weight excluding hydrogens is 204 g/mol. The molecule has 1 aromatic carbocycles. The molecule has 0 aromatic heterocycles. The largest absolute Gasteiger partial charge is 0.345 e. The summed E-state index contributed by atoms with van der Waals surface area (Å²) in [6.07, 6.45) is 0.796. The van der Waals surface area contributed by atoms with E-state index >= 15 is 0 Å². The Balaban J connectivity index is 2.50.